The summed E-state index contributed by atoms with van der Waals surface area (Å²) >= 11 is 1.53. The maximum Gasteiger partial charge on any atom is 0.186 e. The van der Waals surface area contributed by atoms with Gasteiger partial charge >= 0.3 is 0 Å². The maximum absolute atomic E-state index is 11.2. The van der Waals surface area contributed by atoms with Gasteiger partial charge in [0, 0.05) is 31.1 Å². The van der Waals surface area contributed by atoms with Gasteiger partial charge in [-0.2, -0.15) is 0 Å². The minimum atomic E-state index is -0.0825. The van der Waals surface area contributed by atoms with Crippen molar-refractivity contribution in [1.29, 1.82) is 0 Å². The molecular weight excluding hydrogens is 258 g/mol. The Morgan fingerprint density at radius 1 is 1.37 bits per heavy atom. The largest absolute Gasteiger partial charge is 0.343 e. The monoisotopic (exact) mass is 281 g/mol. The summed E-state index contributed by atoms with van der Waals surface area (Å²) in [5.74, 6) is 0. The molecule has 0 amide bonds. The van der Waals surface area contributed by atoms with Crippen LogP contribution in [0.25, 0.3) is 0 Å². The molecule has 0 aliphatic carbocycles. The highest BCUT2D eigenvalue weighted by atomic mass is 32.1. The number of aromatic nitrogens is 1. The van der Waals surface area contributed by atoms with E-state index in [1.165, 1.54) is 11.3 Å². The Labute approximate surface area is 119 Å². The molecule has 19 heavy (non-hydrogen) atoms. The van der Waals surface area contributed by atoms with Gasteiger partial charge in [-0.05, 0) is 14.0 Å². The van der Waals surface area contributed by atoms with Crippen LogP contribution in [-0.4, -0.2) is 48.9 Å². The molecule has 0 N–H and O–H groups in total. The molecule has 1 aromatic heterocycles. The molecule has 4 nitrogen and oxygen atoms in total. The summed E-state index contributed by atoms with van der Waals surface area (Å²) < 4.78 is 0. The highest BCUT2D eigenvalue weighted by Gasteiger charge is 2.28. The SMILES string of the molecule is CC1CN(C)CCN1c1nc(C(C)(C)C)c(C=O)s1. The van der Waals surface area contributed by atoms with Crippen LogP contribution in [-0.2, 0) is 5.41 Å². The van der Waals surface area contributed by atoms with Gasteiger partial charge in [-0.15, -0.1) is 0 Å². The van der Waals surface area contributed by atoms with Gasteiger partial charge in [-0.3, -0.25) is 4.79 Å². The fraction of sp³-hybridized carbons (Fsp3) is 0.714. The summed E-state index contributed by atoms with van der Waals surface area (Å²) in [4.78, 5) is 21.4. The Bertz CT molecular complexity index is 464. The van der Waals surface area contributed by atoms with Gasteiger partial charge in [0.05, 0.1) is 10.6 Å². The van der Waals surface area contributed by atoms with Crippen LogP contribution in [0, 0.1) is 0 Å². The minimum Gasteiger partial charge on any atom is -0.343 e. The lowest BCUT2D eigenvalue weighted by Crippen LogP contribution is -2.50. The van der Waals surface area contributed by atoms with E-state index in [-0.39, 0.29) is 5.41 Å². The Morgan fingerprint density at radius 2 is 2.05 bits per heavy atom. The Hall–Kier alpha value is -0.940. The predicted octanol–water partition coefficient (Wildman–Crippen LogP) is 2.39. The maximum atomic E-state index is 11.2. The van der Waals surface area contributed by atoms with Crippen molar-refractivity contribution < 1.29 is 4.79 Å². The fourth-order valence-corrected chi connectivity index (χ4v) is 3.70. The molecule has 106 valence electrons. The number of thiazole rings is 1. The zero-order valence-electron chi connectivity index (χ0n) is 12.4. The predicted molar refractivity (Wildman–Crippen MR) is 80.5 cm³/mol. The van der Waals surface area contributed by atoms with Crippen molar-refractivity contribution in [2.75, 3.05) is 31.6 Å². The van der Waals surface area contributed by atoms with Gasteiger partial charge in [0.15, 0.2) is 11.4 Å². The molecule has 1 atom stereocenters. The van der Waals surface area contributed by atoms with Crippen molar-refractivity contribution in [2.24, 2.45) is 0 Å². The quantitative estimate of drug-likeness (QED) is 0.780. The van der Waals surface area contributed by atoms with Crippen LogP contribution in [0.5, 0.6) is 0 Å². The number of hydrogen-bond acceptors (Lipinski definition) is 5. The molecule has 5 heteroatoms. The van der Waals surface area contributed by atoms with Crippen LogP contribution in [0.2, 0.25) is 0 Å². The molecule has 2 heterocycles. The van der Waals surface area contributed by atoms with E-state index in [1.807, 2.05) is 0 Å². The van der Waals surface area contributed by atoms with Gasteiger partial charge in [-0.1, -0.05) is 32.1 Å². The van der Waals surface area contributed by atoms with Crippen molar-refractivity contribution in [3.05, 3.63) is 10.6 Å². The van der Waals surface area contributed by atoms with Gasteiger partial charge < -0.3 is 9.80 Å². The van der Waals surface area contributed by atoms with Gasteiger partial charge in [0.2, 0.25) is 0 Å². The molecule has 2 rings (SSSR count). The third-order valence-corrected chi connectivity index (χ3v) is 4.55. The first-order valence-corrected chi connectivity index (χ1v) is 7.56. The topological polar surface area (TPSA) is 36.4 Å². The zero-order valence-corrected chi connectivity index (χ0v) is 13.3. The second-order valence-electron chi connectivity index (χ2n) is 6.38. The van der Waals surface area contributed by atoms with Crippen LogP contribution in [0.1, 0.15) is 43.1 Å². The number of hydrogen-bond donors (Lipinski definition) is 0. The van der Waals surface area contributed by atoms with Crippen molar-refractivity contribution in [3.63, 3.8) is 0 Å². The first-order valence-electron chi connectivity index (χ1n) is 6.74. The smallest absolute Gasteiger partial charge is 0.186 e. The lowest BCUT2D eigenvalue weighted by Gasteiger charge is -2.38. The van der Waals surface area contributed by atoms with Crippen LogP contribution >= 0.6 is 11.3 Å². The molecule has 1 saturated heterocycles. The number of carbonyl (C=O) groups is 1. The van der Waals surface area contributed by atoms with E-state index in [2.05, 4.69) is 44.5 Å². The molecule has 1 unspecified atom stereocenters. The van der Waals surface area contributed by atoms with E-state index in [9.17, 15) is 4.79 Å². The Balaban J connectivity index is 2.31. The number of anilines is 1. The number of likely N-dealkylation sites (N-methyl/N-ethyl adjacent to an activating group) is 1. The number of carbonyl (C=O) groups excluding carboxylic acids is 1. The van der Waals surface area contributed by atoms with Crippen molar-refractivity contribution in [2.45, 2.75) is 39.2 Å². The average Bonchev–Trinajstić information content (AvgIpc) is 2.72. The first kappa shape index (κ1) is 14.5. The summed E-state index contributed by atoms with van der Waals surface area (Å²) in [7, 11) is 2.15. The number of nitrogens with zero attached hydrogens (tertiary/aromatic N) is 3. The van der Waals surface area contributed by atoms with Crippen LogP contribution in [0.3, 0.4) is 0 Å². The summed E-state index contributed by atoms with van der Waals surface area (Å²) in [6, 6.07) is 0.442. The number of piperazine rings is 1. The van der Waals surface area contributed by atoms with Crippen LogP contribution < -0.4 is 4.90 Å². The molecular formula is C14H23N3OS. The van der Waals surface area contributed by atoms with E-state index in [0.717, 1.165) is 41.6 Å². The third-order valence-electron chi connectivity index (χ3n) is 3.54. The highest BCUT2D eigenvalue weighted by Crippen LogP contribution is 2.34. The molecule has 0 bridgehead atoms. The molecule has 1 aliphatic rings. The zero-order chi connectivity index (χ0) is 14.2. The molecule has 0 spiro atoms. The standard InChI is InChI=1S/C14H23N3OS/c1-10-8-16(5)6-7-17(10)13-15-12(14(2,3)4)11(9-18)19-13/h9-10H,6-8H2,1-5H3. The van der Waals surface area contributed by atoms with Gasteiger partial charge in [0.25, 0.3) is 0 Å². The normalized spacial score (nSPS) is 21.7. The Morgan fingerprint density at radius 3 is 2.53 bits per heavy atom. The fourth-order valence-electron chi connectivity index (χ4n) is 2.48. The summed E-state index contributed by atoms with van der Waals surface area (Å²) in [5.41, 5.74) is 0.842. The molecule has 1 fully saturated rings. The highest BCUT2D eigenvalue weighted by molar-refractivity contribution is 7.17. The summed E-state index contributed by atoms with van der Waals surface area (Å²) in [5, 5.41) is 0.993. The lowest BCUT2D eigenvalue weighted by atomic mass is 9.91. The molecule has 0 saturated carbocycles. The van der Waals surface area contributed by atoms with Gasteiger partial charge in [0.1, 0.15) is 0 Å². The average molecular weight is 281 g/mol. The van der Waals surface area contributed by atoms with Crippen LogP contribution in [0.4, 0.5) is 5.13 Å². The van der Waals surface area contributed by atoms with E-state index >= 15 is 0 Å². The first-order chi connectivity index (χ1) is 8.82. The third kappa shape index (κ3) is 2.98. The molecule has 1 aliphatic heterocycles. The van der Waals surface area contributed by atoms with Crippen molar-refractivity contribution >= 4 is 22.8 Å². The molecule has 0 radical (unpaired) electrons. The summed E-state index contributed by atoms with van der Waals surface area (Å²) in [6.45, 7) is 11.6. The van der Waals surface area contributed by atoms with Crippen LogP contribution in [0.15, 0.2) is 0 Å². The minimum absolute atomic E-state index is 0.0825. The van der Waals surface area contributed by atoms with E-state index in [0.29, 0.717) is 6.04 Å². The Kier molecular flexibility index (Phi) is 3.97. The van der Waals surface area contributed by atoms with Gasteiger partial charge in [-0.25, -0.2) is 4.98 Å². The van der Waals surface area contributed by atoms with Crippen molar-refractivity contribution in [3.8, 4) is 0 Å². The molecule has 1 aromatic rings. The number of aldehydes is 1. The van der Waals surface area contributed by atoms with E-state index in [4.69, 9.17) is 4.98 Å². The summed E-state index contributed by atoms with van der Waals surface area (Å²) in [6.07, 6.45) is 0.947. The lowest BCUT2D eigenvalue weighted by molar-refractivity contribution is 0.112. The number of rotatable bonds is 2. The van der Waals surface area contributed by atoms with E-state index in [1.54, 1.807) is 0 Å². The second kappa shape index (κ2) is 5.21. The molecule has 0 aromatic carbocycles. The van der Waals surface area contributed by atoms with Crippen molar-refractivity contribution in [1.82, 2.24) is 9.88 Å². The van der Waals surface area contributed by atoms with E-state index < -0.39 is 0 Å². The second-order valence-corrected chi connectivity index (χ2v) is 7.39.